The van der Waals surface area contributed by atoms with Gasteiger partial charge >= 0.3 is 16.1 Å². The summed E-state index contributed by atoms with van der Waals surface area (Å²) >= 11 is 0. The molecule has 1 aromatic carbocycles. The van der Waals surface area contributed by atoms with E-state index in [2.05, 4.69) is 10.1 Å². The van der Waals surface area contributed by atoms with Gasteiger partial charge in [-0.15, -0.1) is 5.10 Å². The molecule has 136 valence electrons. The Bertz CT molecular complexity index is 835. The Kier molecular flexibility index (Phi) is 5.73. The largest absolute Gasteiger partial charge is 0.345 e. The zero-order valence-electron chi connectivity index (χ0n) is 14.3. The maximum absolute atomic E-state index is 13.0. The molecular weight excluding hydrogens is 349 g/mol. The summed E-state index contributed by atoms with van der Waals surface area (Å²) < 4.78 is 39.9. The molecule has 0 bridgehead atoms. The van der Waals surface area contributed by atoms with Crippen molar-refractivity contribution >= 4 is 21.7 Å². The maximum Gasteiger partial charge on any atom is 0.345 e. The highest BCUT2D eigenvalue weighted by atomic mass is 32.2. The lowest BCUT2D eigenvalue weighted by Gasteiger charge is -2.17. The average molecular weight is 369 g/mol. The van der Waals surface area contributed by atoms with E-state index in [9.17, 15) is 17.6 Å². The normalized spacial score (nSPS) is 11.4. The Hall–Kier alpha value is -2.49. The first-order chi connectivity index (χ1) is 11.8. The van der Waals surface area contributed by atoms with Crippen LogP contribution in [0.5, 0.6) is 0 Å². The fourth-order valence-electron chi connectivity index (χ4n) is 2.04. The Labute approximate surface area is 145 Å². The van der Waals surface area contributed by atoms with Gasteiger partial charge in [0.05, 0.1) is 5.69 Å². The van der Waals surface area contributed by atoms with E-state index in [0.29, 0.717) is 6.54 Å². The van der Waals surface area contributed by atoms with Crippen LogP contribution in [-0.4, -0.2) is 54.8 Å². The lowest BCUT2D eigenvalue weighted by atomic mass is 10.3. The molecule has 0 aliphatic heterocycles. The number of benzene rings is 1. The van der Waals surface area contributed by atoms with E-state index in [-0.39, 0.29) is 5.69 Å². The molecule has 0 atom stereocenters. The molecule has 1 heterocycles. The van der Waals surface area contributed by atoms with Crippen LogP contribution in [0.25, 0.3) is 0 Å². The van der Waals surface area contributed by atoms with Gasteiger partial charge in [0.15, 0.2) is 0 Å². The molecule has 0 spiro atoms. The number of rotatable bonds is 6. The van der Waals surface area contributed by atoms with Gasteiger partial charge in [0, 0.05) is 20.6 Å². The van der Waals surface area contributed by atoms with Crippen molar-refractivity contribution in [2.45, 2.75) is 24.9 Å². The van der Waals surface area contributed by atoms with E-state index in [1.807, 2.05) is 6.92 Å². The number of sulfonamides is 1. The number of anilines is 1. The van der Waals surface area contributed by atoms with Gasteiger partial charge in [0.2, 0.25) is 0 Å². The zero-order valence-corrected chi connectivity index (χ0v) is 15.1. The maximum atomic E-state index is 13.0. The molecule has 0 radical (unpaired) electrons. The van der Waals surface area contributed by atoms with Crippen LogP contribution >= 0.6 is 0 Å². The molecule has 8 nitrogen and oxygen atoms in total. The first kappa shape index (κ1) is 18.8. The summed E-state index contributed by atoms with van der Waals surface area (Å²) in [5.74, 6) is -0.474. The van der Waals surface area contributed by atoms with Gasteiger partial charge in [-0.05, 0) is 30.7 Å². The quantitative estimate of drug-likeness (QED) is 0.776. The number of nitrogens with zero attached hydrogens (tertiary/aromatic N) is 5. The lowest BCUT2D eigenvalue weighted by Crippen LogP contribution is -2.33. The van der Waals surface area contributed by atoms with Crippen LogP contribution in [0, 0.1) is 5.82 Å². The molecule has 0 aliphatic rings. The summed E-state index contributed by atoms with van der Waals surface area (Å²) in [7, 11) is -1.15. The second-order valence-electron chi connectivity index (χ2n) is 5.48. The number of amides is 1. The minimum atomic E-state index is -4.06. The highest BCUT2D eigenvalue weighted by molar-refractivity contribution is 7.92. The first-order valence-electron chi connectivity index (χ1n) is 7.69. The molecule has 1 aromatic heterocycles. The Morgan fingerprint density at radius 2 is 1.88 bits per heavy atom. The van der Waals surface area contributed by atoms with Gasteiger partial charge in [-0.2, -0.15) is 13.1 Å². The van der Waals surface area contributed by atoms with Crippen LogP contribution in [0.4, 0.5) is 14.9 Å². The van der Waals surface area contributed by atoms with Crippen LogP contribution in [0.15, 0.2) is 35.7 Å². The number of carbonyl (C=O) groups is 1. The van der Waals surface area contributed by atoms with Crippen molar-refractivity contribution in [3.05, 3.63) is 36.4 Å². The van der Waals surface area contributed by atoms with E-state index in [1.54, 1.807) is 7.05 Å². The molecule has 2 aromatic rings. The molecule has 0 aliphatic carbocycles. The van der Waals surface area contributed by atoms with Crippen LogP contribution in [0.3, 0.4) is 0 Å². The van der Waals surface area contributed by atoms with E-state index in [4.69, 9.17) is 0 Å². The van der Waals surface area contributed by atoms with E-state index in [1.165, 1.54) is 24.1 Å². The van der Waals surface area contributed by atoms with Gasteiger partial charge in [-0.1, -0.05) is 13.3 Å². The number of aromatic nitrogens is 3. The summed E-state index contributed by atoms with van der Waals surface area (Å²) in [5, 5.41) is 3.28. The van der Waals surface area contributed by atoms with Crippen molar-refractivity contribution in [2.75, 3.05) is 24.9 Å². The van der Waals surface area contributed by atoms with E-state index < -0.39 is 27.0 Å². The summed E-state index contributed by atoms with van der Waals surface area (Å²) in [5.41, 5.74) is 0.254. The molecular formula is C15H20FN5O3S. The predicted octanol–water partition coefficient (Wildman–Crippen LogP) is 1.94. The minimum absolute atomic E-state index is 0.254. The highest BCUT2D eigenvalue weighted by Crippen LogP contribution is 2.20. The Morgan fingerprint density at radius 3 is 2.48 bits per heavy atom. The molecule has 0 saturated heterocycles. The summed E-state index contributed by atoms with van der Waals surface area (Å²) in [6.07, 6.45) is 2.82. The van der Waals surface area contributed by atoms with Crippen LogP contribution in [0.2, 0.25) is 0 Å². The monoisotopic (exact) mass is 369 g/mol. The third-order valence-electron chi connectivity index (χ3n) is 3.62. The van der Waals surface area contributed by atoms with Crippen molar-refractivity contribution < 1.29 is 17.6 Å². The van der Waals surface area contributed by atoms with Gasteiger partial charge in [-0.3, -0.25) is 4.31 Å². The molecule has 0 saturated carbocycles. The third-order valence-corrected chi connectivity index (χ3v) is 5.20. The number of hydrogen-bond donors (Lipinski definition) is 0. The second kappa shape index (κ2) is 7.60. The standard InChI is InChI=1S/C15H20FN5O3S/c1-4-5-10-19(2)15(22)21-11-17-14(18-21)25(23,24)20(3)13-8-6-12(16)7-9-13/h6-9,11H,4-5,10H2,1-3H3. The fraction of sp³-hybridized carbons (Fsp3) is 0.400. The van der Waals surface area contributed by atoms with Gasteiger partial charge < -0.3 is 4.90 Å². The number of carbonyl (C=O) groups excluding carboxylic acids is 1. The summed E-state index contributed by atoms with van der Waals surface area (Å²) in [4.78, 5) is 17.4. The van der Waals surface area contributed by atoms with Gasteiger partial charge in [-0.25, -0.2) is 14.2 Å². The molecule has 10 heteroatoms. The van der Waals surface area contributed by atoms with E-state index >= 15 is 0 Å². The van der Waals surface area contributed by atoms with Gasteiger partial charge in [0.1, 0.15) is 12.1 Å². The van der Waals surface area contributed by atoms with Crippen molar-refractivity contribution in [1.82, 2.24) is 19.7 Å². The van der Waals surface area contributed by atoms with Crippen LogP contribution in [0.1, 0.15) is 19.8 Å². The third kappa shape index (κ3) is 4.13. The number of hydrogen-bond acceptors (Lipinski definition) is 5. The Balaban J connectivity index is 2.22. The van der Waals surface area contributed by atoms with Crippen molar-refractivity contribution in [1.29, 1.82) is 0 Å². The molecule has 0 unspecified atom stereocenters. The van der Waals surface area contributed by atoms with E-state index in [0.717, 1.165) is 40.3 Å². The zero-order chi connectivity index (χ0) is 18.6. The average Bonchev–Trinajstić information content (AvgIpc) is 3.09. The van der Waals surface area contributed by atoms with Crippen molar-refractivity contribution in [3.8, 4) is 0 Å². The second-order valence-corrected chi connectivity index (χ2v) is 7.34. The molecule has 0 N–H and O–H groups in total. The molecule has 2 rings (SSSR count). The smallest absolute Gasteiger partial charge is 0.326 e. The highest BCUT2D eigenvalue weighted by Gasteiger charge is 2.27. The minimum Gasteiger partial charge on any atom is -0.326 e. The summed E-state index contributed by atoms with van der Waals surface area (Å²) in [6.45, 7) is 2.54. The SMILES string of the molecule is CCCCN(C)C(=O)n1cnc(S(=O)(=O)N(C)c2ccc(F)cc2)n1. The lowest BCUT2D eigenvalue weighted by molar-refractivity contribution is 0.206. The van der Waals surface area contributed by atoms with Crippen molar-refractivity contribution in [3.63, 3.8) is 0 Å². The fourth-order valence-corrected chi connectivity index (χ4v) is 3.05. The number of unbranched alkanes of at least 4 members (excludes halogenated alkanes) is 1. The van der Waals surface area contributed by atoms with Crippen LogP contribution < -0.4 is 4.31 Å². The molecule has 0 fully saturated rings. The number of halogens is 1. The Morgan fingerprint density at radius 1 is 1.24 bits per heavy atom. The molecule has 25 heavy (non-hydrogen) atoms. The molecule has 1 amide bonds. The van der Waals surface area contributed by atoms with Gasteiger partial charge in [0.25, 0.3) is 5.16 Å². The topological polar surface area (TPSA) is 88.4 Å². The predicted molar refractivity (Wildman–Crippen MR) is 90.3 cm³/mol. The first-order valence-corrected chi connectivity index (χ1v) is 9.13. The van der Waals surface area contributed by atoms with Crippen LogP contribution in [-0.2, 0) is 10.0 Å². The van der Waals surface area contributed by atoms with Crippen molar-refractivity contribution in [2.24, 2.45) is 0 Å². The summed E-state index contributed by atoms with van der Waals surface area (Å²) in [6, 6.07) is 4.49.